The molecule has 0 spiro atoms. The lowest BCUT2D eigenvalue weighted by Gasteiger charge is -1.98. The van der Waals surface area contributed by atoms with Crippen LogP contribution in [0, 0.1) is 6.92 Å². The van der Waals surface area contributed by atoms with Crippen LogP contribution in [-0.2, 0) is 16.0 Å². The molecule has 0 radical (unpaired) electrons. The molecule has 0 saturated carbocycles. The van der Waals surface area contributed by atoms with Crippen molar-refractivity contribution < 1.29 is 13.9 Å². The lowest BCUT2D eigenvalue weighted by atomic mass is 10.3. The van der Waals surface area contributed by atoms with Crippen molar-refractivity contribution >= 4 is 12.0 Å². The SMILES string of the molecule is CCOC(=O)Cc1oc(N)nc1C. The number of anilines is 1. The molecule has 0 bridgehead atoms. The molecule has 5 nitrogen and oxygen atoms in total. The Morgan fingerprint density at radius 1 is 1.69 bits per heavy atom. The Bertz CT molecular complexity index is 306. The summed E-state index contributed by atoms with van der Waals surface area (Å²) in [4.78, 5) is 14.9. The molecule has 0 aliphatic heterocycles. The van der Waals surface area contributed by atoms with Crippen LogP contribution in [0.1, 0.15) is 18.4 Å². The van der Waals surface area contributed by atoms with Gasteiger partial charge in [0.05, 0.1) is 12.3 Å². The number of aryl methyl sites for hydroxylation is 1. The maximum Gasteiger partial charge on any atom is 0.313 e. The van der Waals surface area contributed by atoms with E-state index < -0.39 is 0 Å². The third-order valence-corrected chi connectivity index (χ3v) is 1.52. The van der Waals surface area contributed by atoms with Gasteiger partial charge in [-0.1, -0.05) is 0 Å². The quantitative estimate of drug-likeness (QED) is 0.698. The molecule has 0 aliphatic carbocycles. The van der Waals surface area contributed by atoms with E-state index in [4.69, 9.17) is 14.9 Å². The van der Waals surface area contributed by atoms with Gasteiger partial charge in [0, 0.05) is 0 Å². The first-order valence-corrected chi connectivity index (χ1v) is 4.01. The maximum atomic E-state index is 11.0. The average molecular weight is 184 g/mol. The lowest BCUT2D eigenvalue weighted by Crippen LogP contribution is -2.07. The van der Waals surface area contributed by atoms with Gasteiger partial charge in [0.2, 0.25) is 0 Å². The van der Waals surface area contributed by atoms with Crippen LogP contribution in [0.5, 0.6) is 0 Å². The summed E-state index contributed by atoms with van der Waals surface area (Å²) >= 11 is 0. The van der Waals surface area contributed by atoms with Crippen LogP contribution in [0.15, 0.2) is 4.42 Å². The Balaban J connectivity index is 2.63. The van der Waals surface area contributed by atoms with Crippen LogP contribution in [-0.4, -0.2) is 17.6 Å². The van der Waals surface area contributed by atoms with Crippen molar-refractivity contribution in [2.45, 2.75) is 20.3 Å². The molecule has 0 aliphatic rings. The van der Waals surface area contributed by atoms with Crippen molar-refractivity contribution in [1.82, 2.24) is 4.98 Å². The van der Waals surface area contributed by atoms with Crippen molar-refractivity contribution in [2.24, 2.45) is 0 Å². The zero-order valence-corrected chi connectivity index (χ0v) is 7.66. The standard InChI is InChI=1S/C8H12N2O3/c1-3-12-7(11)4-6-5(2)10-8(9)13-6/h3-4H2,1-2H3,(H2,9,10). The summed E-state index contributed by atoms with van der Waals surface area (Å²) in [6.45, 7) is 3.84. The van der Waals surface area contributed by atoms with Gasteiger partial charge in [0.1, 0.15) is 12.2 Å². The minimum absolute atomic E-state index is 0.0804. The molecule has 0 saturated heterocycles. The number of hydrogen-bond donors (Lipinski definition) is 1. The number of nitrogens with zero attached hydrogens (tertiary/aromatic N) is 1. The molecular formula is C8H12N2O3. The number of nitrogen functional groups attached to an aromatic ring is 1. The van der Waals surface area contributed by atoms with E-state index in [1.807, 2.05) is 0 Å². The smallest absolute Gasteiger partial charge is 0.313 e. The monoisotopic (exact) mass is 184 g/mol. The van der Waals surface area contributed by atoms with Crippen LogP contribution in [0.25, 0.3) is 0 Å². The summed E-state index contributed by atoms with van der Waals surface area (Å²) < 4.78 is 9.74. The Morgan fingerprint density at radius 2 is 2.38 bits per heavy atom. The number of esters is 1. The number of nitrogens with two attached hydrogens (primary N) is 1. The first-order chi connectivity index (χ1) is 6.13. The van der Waals surface area contributed by atoms with Crippen LogP contribution in [0.2, 0.25) is 0 Å². The van der Waals surface area contributed by atoms with Gasteiger partial charge in [0.15, 0.2) is 0 Å². The Kier molecular flexibility index (Phi) is 2.89. The summed E-state index contributed by atoms with van der Waals surface area (Å²) in [6, 6.07) is 0.0804. The molecule has 1 heterocycles. The van der Waals surface area contributed by atoms with E-state index in [1.54, 1.807) is 13.8 Å². The lowest BCUT2D eigenvalue weighted by molar-refractivity contribution is -0.142. The van der Waals surface area contributed by atoms with Gasteiger partial charge in [-0.25, -0.2) is 0 Å². The maximum absolute atomic E-state index is 11.0. The summed E-state index contributed by atoms with van der Waals surface area (Å²) in [7, 11) is 0. The molecule has 5 heteroatoms. The van der Waals surface area contributed by atoms with Gasteiger partial charge in [-0.05, 0) is 13.8 Å². The molecular weight excluding hydrogens is 172 g/mol. The van der Waals surface area contributed by atoms with E-state index in [1.165, 1.54) is 0 Å². The highest BCUT2D eigenvalue weighted by Crippen LogP contribution is 2.12. The van der Waals surface area contributed by atoms with E-state index in [0.717, 1.165) is 0 Å². The number of carbonyl (C=O) groups excluding carboxylic acids is 1. The predicted molar refractivity (Wildman–Crippen MR) is 46.0 cm³/mol. The Hall–Kier alpha value is -1.52. The van der Waals surface area contributed by atoms with Gasteiger partial charge < -0.3 is 14.9 Å². The molecule has 0 fully saturated rings. The zero-order chi connectivity index (χ0) is 9.84. The molecule has 2 N–H and O–H groups in total. The molecule has 1 aromatic rings. The second-order valence-corrected chi connectivity index (χ2v) is 2.54. The van der Waals surface area contributed by atoms with Crippen LogP contribution >= 0.6 is 0 Å². The van der Waals surface area contributed by atoms with Gasteiger partial charge in [-0.15, -0.1) is 0 Å². The van der Waals surface area contributed by atoms with E-state index >= 15 is 0 Å². The van der Waals surface area contributed by atoms with Crippen molar-refractivity contribution in [2.75, 3.05) is 12.3 Å². The normalized spacial score (nSPS) is 10.0. The number of rotatable bonds is 3. The number of oxazole rings is 1. The molecule has 0 aromatic carbocycles. The first kappa shape index (κ1) is 9.57. The van der Waals surface area contributed by atoms with E-state index in [0.29, 0.717) is 18.1 Å². The topological polar surface area (TPSA) is 78.3 Å². The largest absolute Gasteiger partial charge is 0.466 e. The highest BCUT2D eigenvalue weighted by molar-refractivity contribution is 5.72. The molecule has 1 rings (SSSR count). The minimum atomic E-state index is -0.332. The van der Waals surface area contributed by atoms with E-state index in [9.17, 15) is 4.79 Å². The van der Waals surface area contributed by atoms with E-state index in [-0.39, 0.29) is 18.4 Å². The van der Waals surface area contributed by atoms with Crippen LogP contribution < -0.4 is 5.73 Å². The fraction of sp³-hybridized carbons (Fsp3) is 0.500. The second-order valence-electron chi connectivity index (χ2n) is 2.54. The minimum Gasteiger partial charge on any atom is -0.466 e. The van der Waals surface area contributed by atoms with Gasteiger partial charge in [-0.2, -0.15) is 4.98 Å². The fourth-order valence-electron chi connectivity index (χ4n) is 0.958. The number of hydrogen-bond acceptors (Lipinski definition) is 5. The van der Waals surface area contributed by atoms with Crippen molar-refractivity contribution in [3.63, 3.8) is 0 Å². The van der Waals surface area contributed by atoms with Crippen molar-refractivity contribution in [3.8, 4) is 0 Å². The number of ether oxygens (including phenoxy) is 1. The molecule has 1 aromatic heterocycles. The molecule has 0 unspecified atom stereocenters. The first-order valence-electron chi connectivity index (χ1n) is 4.01. The summed E-state index contributed by atoms with van der Waals surface area (Å²) in [5.74, 6) is 0.137. The highest BCUT2D eigenvalue weighted by atomic mass is 16.5. The van der Waals surface area contributed by atoms with E-state index in [2.05, 4.69) is 4.98 Å². The molecule has 72 valence electrons. The third-order valence-electron chi connectivity index (χ3n) is 1.52. The van der Waals surface area contributed by atoms with Crippen LogP contribution in [0.3, 0.4) is 0 Å². The Morgan fingerprint density at radius 3 is 2.85 bits per heavy atom. The number of aromatic nitrogens is 1. The van der Waals surface area contributed by atoms with Gasteiger partial charge in [-0.3, -0.25) is 4.79 Å². The summed E-state index contributed by atoms with van der Waals surface area (Å²) in [5, 5.41) is 0. The molecule has 13 heavy (non-hydrogen) atoms. The van der Waals surface area contributed by atoms with Crippen molar-refractivity contribution in [3.05, 3.63) is 11.5 Å². The van der Waals surface area contributed by atoms with Gasteiger partial charge >= 0.3 is 5.97 Å². The average Bonchev–Trinajstić information content (AvgIpc) is 2.30. The summed E-state index contributed by atoms with van der Waals surface area (Å²) in [5.41, 5.74) is 5.93. The highest BCUT2D eigenvalue weighted by Gasteiger charge is 2.12. The zero-order valence-electron chi connectivity index (χ0n) is 7.66. The molecule has 0 amide bonds. The van der Waals surface area contributed by atoms with Crippen molar-refractivity contribution in [1.29, 1.82) is 0 Å². The van der Waals surface area contributed by atoms with Crippen LogP contribution in [0.4, 0.5) is 6.01 Å². The predicted octanol–water partition coefficient (Wildman–Crippen LogP) is 0.671. The fourth-order valence-corrected chi connectivity index (χ4v) is 0.958. The molecule has 0 atom stereocenters. The third kappa shape index (κ3) is 2.47. The second kappa shape index (κ2) is 3.93. The Labute approximate surface area is 75.9 Å². The number of carbonyl (C=O) groups is 1. The summed E-state index contributed by atoms with van der Waals surface area (Å²) in [6.07, 6.45) is 0.0872. The van der Waals surface area contributed by atoms with Gasteiger partial charge in [0.25, 0.3) is 6.01 Å².